The van der Waals surface area contributed by atoms with Gasteiger partial charge in [-0.15, -0.1) is 0 Å². The van der Waals surface area contributed by atoms with Gasteiger partial charge in [0.25, 0.3) is 0 Å². The topological polar surface area (TPSA) is 74.2 Å². The molecule has 5 heteroatoms. The van der Waals surface area contributed by atoms with Crippen LogP contribution in [0.1, 0.15) is 17.3 Å². The van der Waals surface area contributed by atoms with Crippen molar-refractivity contribution in [2.24, 2.45) is 5.73 Å². The van der Waals surface area contributed by atoms with E-state index >= 15 is 0 Å². The predicted octanol–water partition coefficient (Wildman–Crippen LogP) is 2.47. The molecule has 0 fully saturated rings. The Hall–Kier alpha value is -2.40. The number of furan rings is 1. The number of para-hydroxylation sites is 1. The summed E-state index contributed by atoms with van der Waals surface area (Å²) in [7, 11) is 1.58. The normalized spacial score (nSPS) is 12.5. The van der Waals surface area contributed by atoms with Crippen molar-refractivity contribution < 1.29 is 9.15 Å². The Morgan fingerprint density at radius 1 is 1.30 bits per heavy atom. The maximum atomic E-state index is 6.27. The van der Waals surface area contributed by atoms with Crippen LogP contribution < -0.4 is 10.5 Å². The number of nitrogens with zero attached hydrogens (tertiary/aromatic N) is 2. The fraction of sp³-hybridized carbons (Fsp3) is 0.200. The second-order valence-corrected chi connectivity index (χ2v) is 4.55. The van der Waals surface area contributed by atoms with E-state index in [0.717, 1.165) is 22.2 Å². The molecular weight excluding hydrogens is 254 g/mol. The minimum Gasteiger partial charge on any atom is -0.481 e. The number of nitrogens with two attached hydrogens (primary N) is 1. The zero-order chi connectivity index (χ0) is 13.9. The Labute approximate surface area is 116 Å². The minimum absolute atomic E-state index is 0.182. The lowest BCUT2D eigenvalue weighted by molar-refractivity contribution is 0.395. The van der Waals surface area contributed by atoms with Crippen molar-refractivity contribution >= 4 is 11.0 Å². The number of methoxy groups -OCH3 is 1. The molecule has 0 radical (unpaired) electrons. The summed E-state index contributed by atoms with van der Waals surface area (Å²) >= 11 is 0. The highest BCUT2D eigenvalue weighted by molar-refractivity contribution is 5.81. The van der Waals surface area contributed by atoms with Crippen LogP contribution in [-0.2, 0) is 6.42 Å². The molecule has 2 N–H and O–H groups in total. The Balaban J connectivity index is 1.87. The van der Waals surface area contributed by atoms with Gasteiger partial charge in [-0.05, 0) is 6.07 Å². The molecule has 102 valence electrons. The van der Waals surface area contributed by atoms with Gasteiger partial charge in [-0.1, -0.05) is 18.2 Å². The van der Waals surface area contributed by atoms with Gasteiger partial charge >= 0.3 is 0 Å². The summed E-state index contributed by atoms with van der Waals surface area (Å²) in [6, 6.07) is 9.46. The molecule has 3 aromatic rings. The fourth-order valence-corrected chi connectivity index (χ4v) is 2.22. The molecule has 1 atom stereocenters. The second-order valence-electron chi connectivity index (χ2n) is 4.55. The smallest absolute Gasteiger partial charge is 0.216 e. The molecule has 0 aliphatic rings. The predicted molar refractivity (Wildman–Crippen MR) is 75.4 cm³/mol. The highest BCUT2D eigenvalue weighted by atomic mass is 16.5. The Morgan fingerprint density at radius 3 is 3.00 bits per heavy atom. The molecule has 0 amide bonds. The molecule has 2 heterocycles. The zero-order valence-electron chi connectivity index (χ0n) is 11.1. The summed E-state index contributed by atoms with van der Waals surface area (Å²) in [5, 5.41) is 1.04. The monoisotopic (exact) mass is 269 g/mol. The molecule has 2 aromatic heterocycles. The van der Waals surface area contributed by atoms with Crippen molar-refractivity contribution in [3.05, 3.63) is 54.2 Å². The van der Waals surface area contributed by atoms with Crippen LogP contribution in [0, 0.1) is 0 Å². The van der Waals surface area contributed by atoms with E-state index in [0.29, 0.717) is 12.3 Å². The number of ether oxygens (including phenoxy) is 1. The van der Waals surface area contributed by atoms with Gasteiger partial charge in [0.15, 0.2) is 0 Å². The van der Waals surface area contributed by atoms with Crippen LogP contribution in [0.3, 0.4) is 0 Å². The molecule has 20 heavy (non-hydrogen) atoms. The van der Waals surface area contributed by atoms with Gasteiger partial charge in [0.1, 0.15) is 11.9 Å². The summed E-state index contributed by atoms with van der Waals surface area (Å²) < 4.78 is 10.6. The number of hydrogen-bond donors (Lipinski definition) is 1. The molecule has 0 spiro atoms. The minimum atomic E-state index is -0.182. The molecule has 0 aliphatic heterocycles. The quantitative estimate of drug-likeness (QED) is 0.787. The van der Waals surface area contributed by atoms with E-state index in [1.807, 2.05) is 24.3 Å². The van der Waals surface area contributed by atoms with E-state index in [2.05, 4.69) is 9.97 Å². The van der Waals surface area contributed by atoms with Crippen LogP contribution in [0.2, 0.25) is 0 Å². The van der Waals surface area contributed by atoms with Crippen molar-refractivity contribution in [1.29, 1.82) is 0 Å². The first-order valence-electron chi connectivity index (χ1n) is 6.34. The summed E-state index contributed by atoms with van der Waals surface area (Å²) in [4.78, 5) is 8.20. The van der Waals surface area contributed by atoms with Crippen LogP contribution in [0.5, 0.6) is 5.88 Å². The summed E-state index contributed by atoms with van der Waals surface area (Å²) in [6.07, 6.45) is 3.80. The first-order chi connectivity index (χ1) is 9.78. The van der Waals surface area contributed by atoms with Gasteiger partial charge < -0.3 is 14.9 Å². The third-order valence-corrected chi connectivity index (χ3v) is 3.25. The zero-order valence-corrected chi connectivity index (χ0v) is 11.1. The Bertz CT molecular complexity index is 724. The lowest BCUT2D eigenvalue weighted by atomic mass is 10.0. The molecule has 5 nitrogen and oxygen atoms in total. The van der Waals surface area contributed by atoms with E-state index in [9.17, 15) is 0 Å². The van der Waals surface area contributed by atoms with Gasteiger partial charge in [-0.2, -0.15) is 0 Å². The number of rotatable bonds is 4. The number of benzene rings is 1. The standard InChI is InChI=1S/C15H15N3O2/c1-19-15-7-10(17-9-18-15)6-13(16)12-8-20-14-5-3-2-4-11(12)14/h2-5,7-9,13H,6,16H2,1H3. The highest BCUT2D eigenvalue weighted by Crippen LogP contribution is 2.26. The number of aromatic nitrogens is 2. The first kappa shape index (κ1) is 12.6. The van der Waals surface area contributed by atoms with Crippen LogP contribution in [0.15, 0.2) is 47.3 Å². The molecule has 0 bridgehead atoms. The Morgan fingerprint density at radius 2 is 2.15 bits per heavy atom. The average molecular weight is 269 g/mol. The molecular formula is C15H15N3O2. The van der Waals surface area contributed by atoms with E-state index in [-0.39, 0.29) is 6.04 Å². The highest BCUT2D eigenvalue weighted by Gasteiger charge is 2.14. The average Bonchev–Trinajstić information content (AvgIpc) is 2.91. The molecule has 0 saturated heterocycles. The van der Waals surface area contributed by atoms with Crippen LogP contribution in [0.25, 0.3) is 11.0 Å². The van der Waals surface area contributed by atoms with E-state index in [1.54, 1.807) is 19.4 Å². The first-order valence-corrected chi connectivity index (χ1v) is 6.34. The fourth-order valence-electron chi connectivity index (χ4n) is 2.22. The van der Waals surface area contributed by atoms with Crippen molar-refractivity contribution in [1.82, 2.24) is 9.97 Å². The molecule has 0 aliphatic carbocycles. The number of hydrogen-bond acceptors (Lipinski definition) is 5. The third-order valence-electron chi connectivity index (χ3n) is 3.25. The van der Waals surface area contributed by atoms with Crippen LogP contribution in [-0.4, -0.2) is 17.1 Å². The lowest BCUT2D eigenvalue weighted by Gasteiger charge is -2.10. The van der Waals surface area contributed by atoms with Gasteiger partial charge in [0, 0.05) is 35.2 Å². The maximum absolute atomic E-state index is 6.27. The SMILES string of the molecule is COc1cc(CC(N)c2coc3ccccc23)ncn1. The molecule has 0 saturated carbocycles. The summed E-state index contributed by atoms with van der Waals surface area (Å²) in [6.45, 7) is 0. The van der Waals surface area contributed by atoms with Crippen molar-refractivity contribution in [3.63, 3.8) is 0 Å². The molecule has 1 aromatic carbocycles. The molecule has 1 unspecified atom stereocenters. The lowest BCUT2D eigenvalue weighted by Crippen LogP contribution is -2.13. The summed E-state index contributed by atoms with van der Waals surface area (Å²) in [5.41, 5.74) is 8.94. The van der Waals surface area contributed by atoms with E-state index in [1.165, 1.54) is 6.33 Å². The summed E-state index contributed by atoms with van der Waals surface area (Å²) in [5.74, 6) is 0.541. The van der Waals surface area contributed by atoms with Gasteiger partial charge in [-0.3, -0.25) is 0 Å². The van der Waals surface area contributed by atoms with Gasteiger partial charge in [-0.25, -0.2) is 9.97 Å². The Kier molecular flexibility index (Phi) is 3.35. The van der Waals surface area contributed by atoms with Gasteiger partial charge in [0.2, 0.25) is 5.88 Å². The van der Waals surface area contributed by atoms with Gasteiger partial charge in [0.05, 0.1) is 13.4 Å². The van der Waals surface area contributed by atoms with Crippen molar-refractivity contribution in [2.75, 3.05) is 7.11 Å². The van der Waals surface area contributed by atoms with Crippen molar-refractivity contribution in [3.8, 4) is 5.88 Å². The third kappa shape index (κ3) is 2.35. The van der Waals surface area contributed by atoms with E-state index < -0.39 is 0 Å². The largest absolute Gasteiger partial charge is 0.481 e. The van der Waals surface area contributed by atoms with Crippen molar-refractivity contribution in [2.45, 2.75) is 12.5 Å². The van der Waals surface area contributed by atoms with Crippen LogP contribution >= 0.6 is 0 Å². The van der Waals surface area contributed by atoms with E-state index in [4.69, 9.17) is 14.9 Å². The second kappa shape index (κ2) is 5.30. The maximum Gasteiger partial charge on any atom is 0.216 e. The molecule has 3 rings (SSSR count). The van der Waals surface area contributed by atoms with Crippen LogP contribution in [0.4, 0.5) is 0 Å². The number of fused-ring (bicyclic) bond motifs is 1.